The van der Waals surface area contributed by atoms with Gasteiger partial charge in [-0.3, -0.25) is 9.69 Å². The molecule has 33 heavy (non-hydrogen) atoms. The normalized spacial score (nSPS) is 28.8. The molecule has 1 amide bonds. The van der Waals surface area contributed by atoms with Crippen molar-refractivity contribution in [2.24, 2.45) is 11.8 Å². The molecule has 2 aromatic rings. The summed E-state index contributed by atoms with van der Waals surface area (Å²) in [5.41, 5.74) is 2.73. The van der Waals surface area contributed by atoms with Gasteiger partial charge in [-0.1, -0.05) is 60.7 Å². The first-order chi connectivity index (χ1) is 16.1. The van der Waals surface area contributed by atoms with E-state index < -0.39 is 0 Å². The van der Waals surface area contributed by atoms with Crippen LogP contribution in [0.2, 0.25) is 0 Å². The summed E-state index contributed by atoms with van der Waals surface area (Å²) in [6.07, 6.45) is 1.07. The summed E-state index contributed by atoms with van der Waals surface area (Å²) in [6, 6.07) is 22.9. The summed E-state index contributed by atoms with van der Waals surface area (Å²) in [5.74, 6) is 1.19. The number of carbonyl (C=O) groups is 1. The second-order valence-corrected chi connectivity index (χ2v) is 10.4. The van der Waals surface area contributed by atoms with Crippen LogP contribution in [0.1, 0.15) is 37.4 Å². The van der Waals surface area contributed by atoms with Crippen LogP contribution in [0.15, 0.2) is 60.7 Å². The molecule has 0 spiro atoms. The molecule has 2 aromatic carbocycles. The number of hydrogen-bond donors (Lipinski definition) is 1. The number of nitrogens with zero attached hydrogens (tertiary/aromatic N) is 3. The lowest BCUT2D eigenvalue weighted by molar-refractivity contribution is -0.134. The molecule has 0 radical (unpaired) electrons. The van der Waals surface area contributed by atoms with E-state index in [1.54, 1.807) is 0 Å². The van der Waals surface area contributed by atoms with Crippen molar-refractivity contribution in [1.29, 1.82) is 0 Å². The van der Waals surface area contributed by atoms with Gasteiger partial charge in [0.25, 0.3) is 0 Å². The minimum atomic E-state index is 0.252. The fourth-order valence-electron chi connectivity index (χ4n) is 5.91. The summed E-state index contributed by atoms with van der Waals surface area (Å²) >= 11 is 0. The van der Waals surface area contributed by atoms with Gasteiger partial charge >= 0.3 is 0 Å². The van der Waals surface area contributed by atoms with Gasteiger partial charge in [0, 0.05) is 63.8 Å². The van der Waals surface area contributed by atoms with E-state index in [1.807, 2.05) is 0 Å². The third-order valence-electron chi connectivity index (χ3n) is 7.60. The van der Waals surface area contributed by atoms with Crippen LogP contribution in [-0.4, -0.2) is 78.5 Å². The Hall–Kier alpha value is -2.21. The Kier molecular flexibility index (Phi) is 6.81. The lowest BCUT2D eigenvalue weighted by Crippen LogP contribution is -2.56. The predicted octanol–water partition coefficient (Wildman–Crippen LogP) is 3.24. The Labute approximate surface area is 198 Å². The van der Waals surface area contributed by atoms with E-state index in [2.05, 4.69) is 94.5 Å². The number of rotatable bonds is 6. The average Bonchev–Trinajstić information content (AvgIpc) is 3.60. The zero-order valence-corrected chi connectivity index (χ0v) is 20.1. The Morgan fingerprint density at radius 3 is 1.97 bits per heavy atom. The Morgan fingerprint density at radius 2 is 1.42 bits per heavy atom. The zero-order chi connectivity index (χ0) is 22.8. The quantitative estimate of drug-likeness (QED) is 0.740. The molecule has 176 valence electrons. The first-order valence-electron chi connectivity index (χ1n) is 12.7. The van der Waals surface area contributed by atoms with Crippen LogP contribution < -0.4 is 5.32 Å². The van der Waals surface area contributed by atoms with Crippen LogP contribution in [0.5, 0.6) is 0 Å². The van der Waals surface area contributed by atoms with E-state index in [4.69, 9.17) is 0 Å². The number of nitrogens with one attached hydrogen (secondary N) is 1. The maximum atomic E-state index is 13.0. The van der Waals surface area contributed by atoms with Crippen LogP contribution in [0.25, 0.3) is 0 Å². The van der Waals surface area contributed by atoms with Crippen molar-refractivity contribution in [1.82, 2.24) is 20.0 Å². The van der Waals surface area contributed by atoms with E-state index in [-0.39, 0.29) is 5.92 Å². The summed E-state index contributed by atoms with van der Waals surface area (Å²) in [7, 11) is 0. The lowest BCUT2D eigenvalue weighted by Gasteiger charge is -2.40. The minimum Gasteiger partial charge on any atom is -0.339 e. The number of piperazine rings is 2. The fraction of sp³-hybridized carbons (Fsp3) is 0.536. The van der Waals surface area contributed by atoms with Gasteiger partial charge in [-0.15, -0.1) is 0 Å². The number of amides is 1. The second-order valence-electron chi connectivity index (χ2n) is 10.4. The largest absolute Gasteiger partial charge is 0.339 e. The van der Waals surface area contributed by atoms with E-state index in [9.17, 15) is 4.79 Å². The van der Waals surface area contributed by atoms with Crippen molar-refractivity contribution < 1.29 is 4.79 Å². The van der Waals surface area contributed by atoms with E-state index >= 15 is 0 Å². The summed E-state index contributed by atoms with van der Waals surface area (Å²) < 4.78 is 0. The zero-order valence-electron chi connectivity index (χ0n) is 20.1. The van der Waals surface area contributed by atoms with Gasteiger partial charge < -0.3 is 15.1 Å². The van der Waals surface area contributed by atoms with E-state index in [1.165, 1.54) is 11.1 Å². The third-order valence-corrected chi connectivity index (χ3v) is 7.60. The maximum Gasteiger partial charge on any atom is 0.226 e. The van der Waals surface area contributed by atoms with Crippen molar-refractivity contribution in [2.75, 3.05) is 45.8 Å². The van der Waals surface area contributed by atoms with Crippen LogP contribution in [-0.2, 0) is 4.79 Å². The molecule has 1 saturated carbocycles. The molecule has 2 saturated heterocycles. The Morgan fingerprint density at radius 1 is 0.879 bits per heavy atom. The molecule has 5 nitrogen and oxygen atoms in total. The highest BCUT2D eigenvalue weighted by Crippen LogP contribution is 2.41. The summed E-state index contributed by atoms with van der Waals surface area (Å²) in [6.45, 7) is 11.4. The van der Waals surface area contributed by atoms with Crippen molar-refractivity contribution in [3.63, 3.8) is 0 Å². The first-order valence-corrected chi connectivity index (χ1v) is 12.7. The standard InChI is InChI=1S/C28H38N4O/c1-21-18-32(19-22(2)29-21)28(33)26-17-25(26)20-30-13-15-31(16-14-30)27(23-9-5-3-6-10-23)24-11-7-4-8-12-24/h3-12,21-22,25-27,29H,13-20H2,1-2H3. The molecule has 3 fully saturated rings. The van der Waals surface area contributed by atoms with Crippen LogP contribution in [0.3, 0.4) is 0 Å². The molecule has 2 heterocycles. The molecular weight excluding hydrogens is 408 g/mol. The van der Waals surface area contributed by atoms with Crippen molar-refractivity contribution in [2.45, 2.75) is 38.4 Å². The van der Waals surface area contributed by atoms with Gasteiger partial charge in [0.15, 0.2) is 0 Å². The molecule has 5 heteroatoms. The molecular formula is C28H38N4O. The maximum absolute atomic E-state index is 13.0. The minimum absolute atomic E-state index is 0.252. The summed E-state index contributed by atoms with van der Waals surface area (Å²) in [5, 5.41) is 3.53. The Balaban J connectivity index is 1.16. The highest BCUT2D eigenvalue weighted by molar-refractivity contribution is 5.82. The highest BCUT2D eigenvalue weighted by atomic mass is 16.2. The molecule has 4 atom stereocenters. The number of carbonyl (C=O) groups excluding carboxylic acids is 1. The van der Waals surface area contributed by atoms with Gasteiger partial charge in [0.2, 0.25) is 5.91 Å². The lowest BCUT2D eigenvalue weighted by atomic mass is 9.96. The number of hydrogen-bond acceptors (Lipinski definition) is 4. The second kappa shape index (κ2) is 9.96. The molecule has 1 N–H and O–H groups in total. The van der Waals surface area contributed by atoms with Crippen LogP contribution in [0.4, 0.5) is 0 Å². The molecule has 2 aliphatic heterocycles. The van der Waals surface area contributed by atoms with E-state index in [0.717, 1.165) is 52.2 Å². The topological polar surface area (TPSA) is 38.8 Å². The predicted molar refractivity (Wildman–Crippen MR) is 133 cm³/mol. The molecule has 0 bridgehead atoms. The van der Waals surface area contributed by atoms with Gasteiger partial charge in [0.05, 0.1) is 6.04 Å². The SMILES string of the molecule is CC1CN(C(=O)C2CC2CN2CCN(C(c3ccccc3)c3ccccc3)CC2)CC(C)N1. The Bertz CT molecular complexity index is 863. The molecule has 4 unspecified atom stereocenters. The fourth-order valence-corrected chi connectivity index (χ4v) is 5.91. The smallest absolute Gasteiger partial charge is 0.226 e. The number of benzene rings is 2. The van der Waals surface area contributed by atoms with Gasteiger partial charge in [-0.2, -0.15) is 0 Å². The van der Waals surface area contributed by atoms with Gasteiger partial charge in [0.1, 0.15) is 0 Å². The van der Waals surface area contributed by atoms with Gasteiger partial charge in [-0.05, 0) is 37.3 Å². The van der Waals surface area contributed by atoms with Crippen molar-refractivity contribution >= 4 is 5.91 Å². The first kappa shape index (κ1) is 22.6. The van der Waals surface area contributed by atoms with Crippen molar-refractivity contribution in [3.05, 3.63) is 71.8 Å². The molecule has 0 aromatic heterocycles. The molecule has 1 aliphatic carbocycles. The molecule has 5 rings (SSSR count). The highest BCUT2D eigenvalue weighted by Gasteiger charge is 2.46. The molecule has 3 aliphatic rings. The van der Waals surface area contributed by atoms with Crippen LogP contribution in [0, 0.1) is 11.8 Å². The average molecular weight is 447 g/mol. The van der Waals surface area contributed by atoms with E-state index in [0.29, 0.717) is 30.0 Å². The van der Waals surface area contributed by atoms with Gasteiger partial charge in [-0.25, -0.2) is 0 Å². The monoisotopic (exact) mass is 446 g/mol. The third kappa shape index (κ3) is 5.32. The van der Waals surface area contributed by atoms with Crippen LogP contribution >= 0.6 is 0 Å². The van der Waals surface area contributed by atoms with Crippen molar-refractivity contribution in [3.8, 4) is 0 Å². The summed E-state index contributed by atoms with van der Waals surface area (Å²) in [4.78, 5) is 20.4.